The third kappa shape index (κ3) is 7.08. The minimum Gasteiger partial charge on any atom is -0.457 e. The fourth-order valence-corrected chi connectivity index (χ4v) is 4.70. The predicted molar refractivity (Wildman–Crippen MR) is 158 cm³/mol. The normalized spacial score (nSPS) is 11.2. The number of ketones is 1. The summed E-state index contributed by atoms with van der Waals surface area (Å²) in [7, 11) is 0. The SMILES string of the molecule is CCCCn1cc(C(=O)c2ccc(C(=O)NCCN(CC)CC)cc2)c2cc(Oc3ccc(Cl)cc3)ccc21. The van der Waals surface area contributed by atoms with Crippen LogP contribution in [0.1, 0.15) is 59.9 Å². The van der Waals surface area contributed by atoms with Crippen LogP contribution in [-0.4, -0.2) is 47.3 Å². The average Bonchev–Trinajstić information content (AvgIpc) is 3.32. The Morgan fingerprint density at radius 3 is 2.23 bits per heavy atom. The van der Waals surface area contributed by atoms with E-state index in [-0.39, 0.29) is 11.7 Å². The number of halogens is 1. The quantitative estimate of drug-likeness (QED) is 0.181. The van der Waals surface area contributed by atoms with Crippen molar-refractivity contribution < 1.29 is 14.3 Å². The average molecular weight is 546 g/mol. The lowest BCUT2D eigenvalue weighted by atomic mass is 10.0. The van der Waals surface area contributed by atoms with Crippen LogP contribution in [0, 0.1) is 0 Å². The number of aryl methyl sites for hydroxylation is 1. The Hall–Kier alpha value is -3.61. The van der Waals surface area contributed by atoms with Gasteiger partial charge in [-0.1, -0.05) is 50.9 Å². The van der Waals surface area contributed by atoms with Crippen molar-refractivity contribution in [3.63, 3.8) is 0 Å². The van der Waals surface area contributed by atoms with Crippen molar-refractivity contribution in [3.05, 3.63) is 94.6 Å². The van der Waals surface area contributed by atoms with Gasteiger partial charge in [-0.15, -0.1) is 0 Å². The predicted octanol–water partition coefficient (Wildman–Crippen LogP) is 7.19. The molecule has 0 saturated heterocycles. The Kier molecular flexibility index (Phi) is 9.79. The molecule has 0 unspecified atom stereocenters. The van der Waals surface area contributed by atoms with Gasteiger partial charge in [0.1, 0.15) is 11.5 Å². The molecule has 4 rings (SSSR count). The Morgan fingerprint density at radius 2 is 1.56 bits per heavy atom. The van der Waals surface area contributed by atoms with E-state index in [0.29, 0.717) is 39.8 Å². The highest BCUT2D eigenvalue weighted by atomic mass is 35.5. The van der Waals surface area contributed by atoms with Gasteiger partial charge in [-0.05, 0) is 74.1 Å². The van der Waals surface area contributed by atoms with Crippen molar-refractivity contribution in [1.29, 1.82) is 0 Å². The van der Waals surface area contributed by atoms with Gasteiger partial charge in [0.2, 0.25) is 0 Å². The molecule has 39 heavy (non-hydrogen) atoms. The molecular formula is C32H36ClN3O3. The zero-order valence-electron chi connectivity index (χ0n) is 22.9. The van der Waals surface area contributed by atoms with Crippen molar-refractivity contribution in [2.75, 3.05) is 26.2 Å². The number of rotatable bonds is 13. The molecule has 0 spiro atoms. The maximum Gasteiger partial charge on any atom is 0.251 e. The summed E-state index contributed by atoms with van der Waals surface area (Å²) >= 11 is 6.00. The first-order valence-corrected chi connectivity index (χ1v) is 14.0. The number of aromatic nitrogens is 1. The summed E-state index contributed by atoms with van der Waals surface area (Å²) in [6.07, 6.45) is 4.00. The number of hydrogen-bond acceptors (Lipinski definition) is 4. The fourth-order valence-electron chi connectivity index (χ4n) is 4.57. The summed E-state index contributed by atoms with van der Waals surface area (Å²) in [5, 5.41) is 4.44. The van der Waals surface area contributed by atoms with E-state index in [4.69, 9.17) is 16.3 Å². The van der Waals surface area contributed by atoms with Crippen LogP contribution in [0.4, 0.5) is 0 Å². The monoisotopic (exact) mass is 545 g/mol. The van der Waals surface area contributed by atoms with Crippen molar-refractivity contribution >= 4 is 34.2 Å². The molecule has 0 radical (unpaired) electrons. The molecule has 0 atom stereocenters. The van der Waals surface area contributed by atoms with Gasteiger partial charge in [-0.3, -0.25) is 9.59 Å². The first-order chi connectivity index (χ1) is 18.9. The molecule has 204 valence electrons. The summed E-state index contributed by atoms with van der Waals surface area (Å²) in [6, 6.07) is 19.9. The molecule has 1 heterocycles. The number of carbonyl (C=O) groups excluding carboxylic acids is 2. The number of hydrogen-bond donors (Lipinski definition) is 1. The second-order valence-electron chi connectivity index (χ2n) is 9.51. The molecule has 0 fully saturated rings. The second kappa shape index (κ2) is 13.5. The molecule has 1 N–H and O–H groups in total. The van der Waals surface area contributed by atoms with Crippen molar-refractivity contribution in [3.8, 4) is 11.5 Å². The molecule has 0 bridgehead atoms. The lowest BCUT2D eigenvalue weighted by Gasteiger charge is -2.17. The lowest BCUT2D eigenvalue weighted by Crippen LogP contribution is -2.34. The maximum absolute atomic E-state index is 13.7. The molecule has 0 saturated carbocycles. The second-order valence-corrected chi connectivity index (χ2v) is 9.95. The van der Waals surface area contributed by atoms with E-state index < -0.39 is 0 Å². The standard InChI is InChI=1S/C32H36ClN3O3/c1-4-7-19-36-22-29(28-21-27(16-17-30(28)36)39-26-14-12-25(33)13-15-26)31(37)23-8-10-24(11-9-23)32(38)34-18-20-35(5-2)6-3/h8-17,21-22H,4-7,18-20H2,1-3H3,(H,34,38). The Bertz CT molecular complexity index is 1410. The Morgan fingerprint density at radius 1 is 0.897 bits per heavy atom. The highest BCUT2D eigenvalue weighted by Gasteiger charge is 2.18. The van der Waals surface area contributed by atoms with Crippen LogP contribution in [0.5, 0.6) is 11.5 Å². The molecule has 0 aliphatic carbocycles. The van der Waals surface area contributed by atoms with Crippen LogP contribution in [0.25, 0.3) is 10.9 Å². The smallest absolute Gasteiger partial charge is 0.251 e. The molecule has 1 aromatic heterocycles. The van der Waals surface area contributed by atoms with E-state index in [2.05, 4.69) is 35.6 Å². The van der Waals surface area contributed by atoms with Crippen LogP contribution in [-0.2, 0) is 6.54 Å². The number of fused-ring (bicyclic) bond motifs is 1. The highest BCUT2D eigenvalue weighted by Crippen LogP contribution is 2.31. The maximum atomic E-state index is 13.7. The largest absolute Gasteiger partial charge is 0.457 e. The Labute approximate surface area is 235 Å². The van der Waals surface area contributed by atoms with Gasteiger partial charge in [0.05, 0.1) is 0 Å². The number of benzene rings is 3. The van der Waals surface area contributed by atoms with Crippen LogP contribution in [0.3, 0.4) is 0 Å². The van der Waals surface area contributed by atoms with E-state index in [1.54, 1.807) is 36.4 Å². The highest BCUT2D eigenvalue weighted by molar-refractivity contribution is 6.30. The zero-order chi connectivity index (χ0) is 27.8. The van der Waals surface area contributed by atoms with Gasteiger partial charge >= 0.3 is 0 Å². The molecule has 3 aromatic carbocycles. The summed E-state index contributed by atoms with van der Waals surface area (Å²) in [4.78, 5) is 28.5. The number of nitrogens with one attached hydrogen (secondary N) is 1. The topological polar surface area (TPSA) is 63.6 Å². The molecule has 1 amide bonds. The van der Waals surface area contributed by atoms with E-state index in [9.17, 15) is 9.59 Å². The molecular weight excluding hydrogens is 510 g/mol. The minimum absolute atomic E-state index is 0.0904. The molecule has 7 heteroatoms. The molecule has 0 aliphatic rings. The van der Waals surface area contributed by atoms with Crippen LogP contribution in [0.2, 0.25) is 5.02 Å². The van der Waals surface area contributed by atoms with E-state index in [1.807, 2.05) is 36.5 Å². The van der Waals surface area contributed by atoms with Gasteiger partial charge in [0, 0.05) is 58.4 Å². The van der Waals surface area contributed by atoms with E-state index in [0.717, 1.165) is 49.9 Å². The summed E-state index contributed by atoms with van der Waals surface area (Å²) in [6.45, 7) is 10.5. The van der Waals surface area contributed by atoms with Gasteiger partial charge in [0.15, 0.2) is 5.78 Å². The van der Waals surface area contributed by atoms with Crippen molar-refractivity contribution in [1.82, 2.24) is 14.8 Å². The number of amides is 1. The zero-order valence-corrected chi connectivity index (χ0v) is 23.6. The van der Waals surface area contributed by atoms with Crippen molar-refractivity contribution in [2.24, 2.45) is 0 Å². The third-order valence-electron chi connectivity index (χ3n) is 6.92. The number of unbranched alkanes of at least 4 members (excludes halogenated alkanes) is 1. The van der Waals surface area contributed by atoms with Gasteiger partial charge in [0.25, 0.3) is 5.91 Å². The van der Waals surface area contributed by atoms with E-state index in [1.165, 1.54) is 0 Å². The summed E-state index contributed by atoms with van der Waals surface area (Å²) < 4.78 is 8.18. The summed E-state index contributed by atoms with van der Waals surface area (Å²) in [5.74, 6) is 1.08. The number of nitrogens with zero attached hydrogens (tertiary/aromatic N) is 2. The van der Waals surface area contributed by atoms with Crippen molar-refractivity contribution in [2.45, 2.75) is 40.2 Å². The van der Waals surface area contributed by atoms with Gasteiger partial charge in [-0.25, -0.2) is 0 Å². The van der Waals surface area contributed by atoms with Crippen LogP contribution < -0.4 is 10.1 Å². The number of carbonyl (C=O) groups is 2. The first-order valence-electron chi connectivity index (χ1n) is 13.6. The Balaban J connectivity index is 1.56. The fraction of sp³-hybridized carbons (Fsp3) is 0.312. The molecule has 0 aliphatic heterocycles. The third-order valence-corrected chi connectivity index (χ3v) is 7.17. The summed E-state index contributed by atoms with van der Waals surface area (Å²) in [5.41, 5.74) is 2.67. The van der Waals surface area contributed by atoms with Gasteiger partial charge < -0.3 is 19.5 Å². The number of likely N-dealkylation sites (N-methyl/N-ethyl adjacent to an activating group) is 1. The first kappa shape index (κ1) is 28.4. The minimum atomic E-state index is -0.138. The number of ether oxygens (including phenoxy) is 1. The van der Waals surface area contributed by atoms with Crippen LogP contribution in [0.15, 0.2) is 72.9 Å². The van der Waals surface area contributed by atoms with Gasteiger partial charge in [-0.2, -0.15) is 0 Å². The molecule has 4 aromatic rings. The van der Waals surface area contributed by atoms with Crippen LogP contribution >= 0.6 is 11.6 Å². The molecule has 6 nitrogen and oxygen atoms in total. The lowest BCUT2D eigenvalue weighted by molar-refractivity contribution is 0.0947. The van der Waals surface area contributed by atoms with E-state index >= 15 is 0 Å².